The van der Waals surface area contributed by atoms with Crippen LogP contribution in [-0.4, -0.2) is 13.1 Å². The van der Waals surface area contributed by atoms with Crippen molar-refractivity contribution >= 4 is 5.69 Å². The van der Waals surface area contributed by atoms with E-state index >= 15 is 0 Å². The maximum Gasteiger partial charge on any atom is 0.147 e. The molecule has 108 valence electrons. The molecule has 0 aliphatic carbocycles. The zero-order chi connectivity index (χ0) is 15.3. The van der Waals surface area contributed by atoms with Gasteiger partial charge >= 0.3 is 0 Å². The van der Waals surface area contributed by atoms with Crippen LogP contribution in [0.25, 0.3) is 0 Å². The van der Waals surface area contributed by atoms with Crippen molar-refractivity contribution in [2.45, 2.75) is 19.4 Å². The zero-order valence-corrected chi connectivity index (χ0v) is 12.6. The molecule has 3 nitrogen and oxygen atoms in total. The molecular weight excluding hydrogens is 258 g/mol. The van der Waals surface area contributed by atoms with Crippen LogP contribution >= 0.6 is 0 Å². The van der Waals surface area contributed by atoms with Crippen molar-refractivity contribution in [3.05, 3.63) is 65.7 Å². The normalized spacial score (nSPS) is 13.2. The summed E-state index contributed by atoms with van der Waals surface area (Å²) in [5.41, 5.74) is 8.50. The molecule has 0 spiro atoms. The molecule has 0 aromatic heterocycles. The van der Waals surface area contributed by atoms with E-state index < -0.39 is 5.54 Å². The van der Waals surface area contributed by atoms with Crippen LogP contribution in [0.1, 0.15) is 18.1 Å². The zero-order valence-electron chi connectivity index (χ0n) is 12.6. The van der Waals surface area contributed by atoms with Crippen molar-refractivity contribution in [2.24, 2.45) is 5.73 Å². The predicted molar refractivity (Wildman–Crippen MR) is 87.0 cm³/mol. The summed E-state index contributed by atoms with van der Waals surface area (Å²) in [5, 5.41) is 9.58. The van der Waals surface area contributed by atoms with Gasteiger partial charge in [-0.05, 0) is 37.1 Å². The first-order valence-corrected chi connectivity index (χ1v) is 7.16. The van der Waals surface area contributed by atoms with Crippen LogP contribution in [0.4, 0.5) is 5.69 Å². The van der Waals surface area contributed by atoms with Crippen molar-refractivity contribution in [3.63, 3.8) is 0 Å². The maximum absolute atomic E-state index is 9.58. The van der Waals surface area contributed by atoms with Gasteiger partial charge in [0.2, 0.25) is 0 Å². The summed E-state index contributed by atoms with van der Waals surface area (Å²) in [7, 11) is 0. The minimum absolute atomic E-state index is 0.466. The highest BCUT2D eigenvalue weighted by Crippen LogP contribution is 2.23. The summed E-state index contributed by atoms with van der Waals surface area (Å²) >= 11 is 0. The quantitative estimate of drug-likeness (QED) is 0.914. The lowest BCUT2D eigenvalue weighted by molar-refractivity contribution is 0.558. The van der Waals surface area contributed by atoms with Gasteiger partial charge in [0.15, 0.2) is 0 Å². The number of nitrogens with two attached hydrogens (primary N) is 1. The molecule has 0 heterocycles. The highest BCUT2D eigenvalue weighted by molar-refractivity contribution is 5.50. The average molecular weight is 279 g/mol. The Labute approximate surface area is 126 Å². The Kier molecular flexibility index (Phi) is 4.62. The minimum Gasteiger partial charge on any atom is -0.369 e. The molecular formula is C18H21N3. The van der Waals surface area contributed by atoms with Crippen LogP contribution in [0.5, 0.6) is 0 Å². The van der Waals surface area contributed by atoms with E-state index in [1.54, 1.807) is 0 Å². The van der Waals surface area contributed by atoms with Gasteiger partial charge in [0.05, 0.1) is 12.6 Å². The third kappa shape index (κ3) is 3.42. The van der Waals surface area contributed by atoms with E-state index in [9.17, 15) is 5.26 Å². The molecule has 2 aromatic rings. The number of nitrogens with zero attached hydrogens (tertiary/aromatic N) is 2. The number of aryl methyl sites for hydroxylation is 1. The Balaban J connectivity index is 2.30. The van der Waals surface area contributed by atoms with E-state index in [-0.39, 0.29) is 0 Å². The number of rotatable bonds is 5. The second-order valence-electron chi connectivity index (χ2n) is 5.30. The lowest BCUT2D eigenvalue weighted by Crippen LogP contribution is -2.47. The van der Waals surface area contributed by atoms with E-state index in [1.807, 2.05) is 36.4 Å². The fraction of sp³-hybridized carbons (Fsp3) is 0.278. The molecule has 1 atom stereocenters. The van der Waals surface area contributed by atoms with Gasteiger partial charge in [-0.3, -0.25) is 0 Å². The number of nitriles is 1. The highest BCUT2D eigenvalue weighted by Gasteiger charge is 2.29. The Morgan fingerprint density at radius 3 is 2.43 bits per heavy atom. The maximum atomic E-state index is 9.58. The summed E-state index contributed by atoms with van der Waals surface area (Å²) in [6.45, 7) is 5.41. The summed E-state index contributed by atoms with van der Waals surface area (Å²) in [6.07, 6.45) is 0. The number of benzene rings is 2. The summed E-state index contributed by atoms with van der Waals surface area (Å²) in [4.78, 5) is 2.14. The summed E-state index contributed by atoms with van der Waals surface area (Å²) in [6, 6.07) is 20.1. The van der Waals surface area contributed by atoms with Gasteiger partial charge in [-0.25, -0.2) is 0 Å². The molecule has 0 aliphatic heterocycles. The summed E-state index contributed by atoms with van der Waals surface area (Å²) < 4.78 is 0. The molecule has 0 bridgehead atoms. The van der Waals surface area contributed by atoms with Crippen molar-refractivity contribution in [1.82, 2.24) is 0 Å². The smallest absolute Gasteiger partial charge is 0.147 e. The van der Waals surface area contributed by atoms with Gasteiger partial charge in [0, 0.05) is 12.2 Å². The second kappa shape index (κ2) is 6.43. The molecule has 2 N–H and O–H groups in total. The molecule has 2 aromatic carbocycles. The Bertz CT molecular complexity index is 630. The van der Waals surface area contributed by atoms with E-state index in [1.165, 1.54) is 5.56 Å². The third-order valence-electron chi connectivity index (χ3n) is 3.68. The number of anilines is 1. The van der Waals surface area contributed by atoms with Gasteiger partial charge in [0.1, 0.15) is 5.54 Å². The lowest BCUT2D eigenvalue weighted by Gasteiger charge is -2.32. The van der Waals surface area contributed by atoms with Gasteiger partial charge in [-0.15, -0.1) is 0 Å². The van der Waals surface area contributed by atoms with E-state index in [4.69, 9.17) is 5.73 Å². The molecule has 0 radical (unpaired) electrons. The third-order valence-corrected chi connectivity index (χ3v) is 3.68. The highest BCUT2D eigenvalue weighted by atomic mass is 15.1. The van der Waals surface area contributed by atoms with Crippen LogP contribution in [0.2, 0.25) is 0 Å². The Morgan fingerprint density at radius 1 is 1.14 bits per heavy atom. The SMILES string of the molecule is CCN(CC(N)(C#N)c1ccccc1)c1cccc(C)c1. The van der Waals surface area contributed by atoms with E-state index in [2.05, 4.69) is 43.0 Å². The molecule has 2 rings (SSSR count). The van der Waals surface area contributed by atoms with Gasteiger partial charge in [-0.2, -0.15) is 5.26 Å². The van der Waals surface area contributed by atoms with Crippen LogP contribution in [0.15, 0.2) is 54.6 Å². The van der Waals surface area contributed by atoms with Crippen molar-refractivity contribution < 1.29 is 0 Å². The number of hydrogen-bond donors (Lipinski definition) is 1. The number of hydrogen-bond acceptors (Lipinski definition) is 3. The first-order chi connectivity index (χ1) is 10.1. The average Bonchev–Trinajstić information content (AvgIpc) is 2.53. The largest absolute Gasteiger partial charge is 0.369 e. The minimum atomic E-state index is -1.01. The standard InChI is InChI=1S/C18H21N3/c1-3-21(17-11-7-8-15(2)12-17)14-18(20,13-19)16-9-5-4-6-10-16/h4-12H,3,14,20H2,1-2H3. The second-order valence-corrected chi connectivity index (χ2v) is 5.30. The van der Waals surface area contributed by atoms with Gasteiger partial charge in [-0.1, -0.05) is 42.5 Å². The van der Waals surface area contributed by atoms with Crippen LogP contribution in [0.3, 0.4) is 0 Å². The molecule has 1 unspecified atom stereocenters. The van der Waals surface area contributed by atoms with Crippen LogP contribution in [0, 0.1) is 18.3 Å². The van der Waals surface area contributed by atoms with Gasteiger partial charge in [0.25, 0.3) is 0 Å². The molecule has 3 heteroatoms. The van der Waals surface area contributed by atoms with Crippen molar-refractivity contribution in [1.29, 1.82) is 5.26 Å². The molecule has 0 saturated carbocycles. The van der Waals surface area contributed by atoms with Gasteiger partial charge < -0.3 is 10.6 Å². The molecule has 0 saturated heterocycles. The molecule has 0 fully saturated rings. The van der Waals surface area contributed by atoms with E-state index in [0.717, 1.165) is 17.8 Å². The molecule has 21 heavy (non-hydrogen) atoms. The first kappa shape index (κ1) is 15.1. The topological polar surface area (TPSA) is 53.0 Å². The Hall–Kier alpha value is -2.31. The Morgan fingerprint density at radius 2 is 1.86 bits per heavy atom. The van der Waals surface area contributed by atoms with E-state index in [0.29, 0.717) is 6.54 Å². The van der Waals surface area contributed by atoms with Crippen molar-refractivity contribution in [3.8, 4) is 6.07 Å². The number of likely N-dealkylation sites (N-methyl/N-ethyl adjacent to an activating group) is 1. The fourth-order valence-electron chi connectivity index (χ4n) is 2.44. The van der Waals surface area contributed by atoms with Crippen LogP contribution < -0.4 is 10.6 Å². The monoisotopic (exact) mass is 279 g/mol. The molecule has 0 amide bonds. The first-order valence-electron chi connectivity index (χ1n) is 7.16. The predicted octanol–water partition coefficient (Wildman–Crippen LogP) is 3.20. The molecule has 0 aliphatic rings. The van der Waals surface area contributed by atoms with Crippen LogP contribution in [-0.2, 0) is 5.54 Å². The van der Waals surface area contributed by atoms with Crippen molar-refractivity contribution in [2.75, 3.05) is 18.0 Å². The fourth-order valence-corrected chi connectivity index (χ4v) is 2.44. The lowest BCUT2D eigenvalue weighted by atomic mass is 9.91. The summed E-state index contributed by atoms with van der Waals surface area (Å²) in [5.74, 6) is 0.